The highest BCUT2D eigenvalue weighted by Crippen LogP contribution is 2.16. The monoisotopic (exact) mass is 188 g/mol. The molecule has 1 aromatic carbocycles. The molecule has 0 aliphatic rings. The predicted molar refractivity (Wildman–Crippen MR) is 43.0 cm³/mol. The second kappa shape index (κ2) is 3.22. The van der Waals surface area contributed by atoms with Gasteiger partial charge in [-0.15, -0.1) is 0 Å². The van der Waals surface area contributed by atoms with Gasteiger partial charge in [0.15, 0.2) is 0 Å². The van der Waals surface area contributed by atoms with Gasteiger partial charge in [0.2, 0.25) is 5.44 Å². The molecule has 0 aromatic heterocycles. The van der Waals surface area contributed by atoms with Crippen LogP contribution in [0.4, 0.5) is 0 Å². The molecule has 1 aromatic rings. The van der Waals surface area contributed by atoms with E-state index in [4.69, 9.17) is 9.66 Å². The van der Waals surface area contributed by atoms with Crippen LogP contribution in [0.1, 0.15) is 11.0 Å². The molecule has 4 nitrogen and oxygen atoms in total. The summed E-state index contributed by atoms with van der Waals surface area (Å²) in [6.07, 6.45) is 0. The van der Waals surface area contributed by atoms with E-state index < -0.39 is 15.6 Å². The predicted octanol–water partition coefficient (Wildman–Crippen LogP) is 0.565. The van der Waals surface area contributed by atoms with E-state index in [0.29, 0.717) is 0 Å². The van der Waals surface area contributed by atoms with E-state index in [1.807, 2.05) is 0 Å². The number of hydrogen-bond donors (Lipinski definition) is 2. The van der Waals surface area contributed by atoms with Crippen molar-refractivity contribution < 1.29 is 18.1 Å². The van der Waals surface area contributed by atoms with E-state index in [9.17, 15) is 8.42 Å². The highest BCUT2D eigenvalue weighted by Gasteiger charge is 2.20. The molecule has 5 heteroatoms. The molecular formula is C7H8O4S. The topological polar surface area (TPSA) is 74.6 Å². The van der Waals surface area contributed by atoms with Crippen LogP contribution in [0.3, 0.4) is 0 Å². The Kier molecular flexibility index (Phi) is 2.46. The third-order valence-electron chi connectivity index (χ3n) is 1.37. The third-order valence-corrected chi connectivity index (χ3v) is 2.20. The number of aliphatic hydroxyl groups is 1. The minimum Gasteiger partial charge on any atom is -0.371 e. The smallest absolute Gasteiger partial charge is 0.296 e. The van der Waals surface area contributed by atoms with Gasteiger partial charge in [-0.2, -0.15) is 8.42 Å². The summed E-state index contributed by atoms with van der Waals surface area (Å²) in [6.45, 7) is 0. The van der Waals surface area contributed by atoms with E-state index in [1.54, 1.807) is 18.2 Å². The van der Waals surface area contributed by atoms with E-state index in [1.165, 1.54) is 12.1 Å². The van der Waals surface area contributed by atoms with E-state index in [0.717, 1.165) is 0 Å². The Morgan fingerprint density at radius 3 is 2.08 bits per heavy atom. The molecule has 0 amide bonds. The van der Waals surface area contributed by atoms with Gasteiger partial charge < -0.3 is 5.11 Å². The van der Waals surface area contributed by atoms with Crippen molar-refractivity contribution in [2.24, 2.45) is 0 Å². The normalized spacial score (nSPS) is 14.2. The van der Waals surface area contributed by atoms with Gasteiger partial charge in [0.1, 0.15) is 0 Å². The second-order valence-electron chi connectivity index (χ2n) is 2.28. The van der Waals surface area contributed by atoms with Gasteiger partial charge in [-0.05, 0) is 5.56 Å². The number of benzene rings is 1. The lowest BCUT2D eigenvalue weighted by Crippen LogP contribution is -2.10. The van der Waals surface area contributed by atoms with Gasteiger partial charge >= 0.3 is 0 Å². The zero-order chi connectivity index (χ0) is 9.19. The van der Waals surface area contributed by atoms with Gasteiger partial charge in [-0.3, -0.25) is 4.55 Å². The SMILES string of the molecule is O=S(=O)(O)[C@H](O)c1ccccc1. The molecule has 1 atom stereocenters. The van der Waals surface area contributed by atoms with Crippen LogP contribution in [0.25, 0.3) is 0 Å². The molecule has 0 aliphatic heterocycles. The summed E-state index contributed by atoms with van der Waals surface area (Å²) in [5.41, 5.74) is -1.70. The van der Waals surface area contributed by atoms with Crippen molar-refractivity contribution >= 4 is 10.1 Å². The van der Waals surface area contributed by atoms with Crippen LogP contribution >= 0.6 is 0 Å². The van der Waals surface area contributed by atoms with Crippen LogP contribution in [0.15, 0.2) is 30.3 Å². The van der Waals surface area contributed by atoms with Crippen LogP contribution in [0.2, 0.25) is 0 Å². The molecule has 2 N–H and O–H groups in total. The summed E-state index contributed by atoms with van der Waals surface area (Å²) in [4.78, 5) is 0. The fraction of sp³-hybridized carbons (Fsp3) is 0.143. The largest absolute Gasteiger partial charge is 0.371 e. The Hall–Kier alpha value is -0.910. The van der Waals surface area contributed by atoms with Crippen LogP contribution in [0, 0.1) is 0 Å². The summed E-state index contributed by atoms with van der Waals surface area (Å²) in [7, 11) is -4.40. The number of hydrogen-bond acceptors (Lipinski definition) is 3. The summed E-state index contributed by atoms with van der Waals surface area (Å²) < 4.78 is 29.3. The zero-order valence-electron chi connectivity index (χ0n) is 6.08. The number of aliphatic hydroxyl groups excluding tert-OH is 1. The summed E-state index contributed by atoms with van der Waals surface area (Å²) in [6, 6.07) is 7.66. The molecule has 0 heterocycles. The average molecular weight is 188 g/mol. The maximum atomic E-state index is 10.4. The molecule has 0 fully saturated rings. The quantitative estimate of drug-likeness (QED) is 0.665. The number of rotatable bonds is 2. The lowest BCUT2D eigenvalue weighted by molar-refractivity contribution is 0.238. The zero-order valence-corrected chi connectivity index (χ0v) is 6.90. The van der Waals surface area contributed by atoms with Gasteiger partial charge in [0.25, 0.3) is 10.1 Å². The highest BCUT2D eigenvalue weighted by molar-refractivity contribution is 7.85. The van der Waals surface area contributed by atoms with Gasteiger partial charge in [0.05, 0.1) is 0 Å². The Balaban J connectivity index is 3.02. The van der Waals surface area contributed by atoms with Crippen molar-refractivity contribution in [3.8, 4) is 0 Å². The minimum atomic E-state index is -4.40. The highest BCUT2D eigenvalue weighted by atomic mass is 32.2. The third kappa shape index (κ3) is 2.04. The van der Waals surface area contributed by atoms with Crippen LogP contribution < -0.4 is 0 Å². The average Bonchev–Trinajstić information content (AvgIpc) is 2.03. The fourth-order valence-electron chi connectivity index (χ4n) is 0.790. The van der Waals surface area contributed by atoms with Crippen molar-refractivity contribution in [3.05, 3.63) is 35.9 Å². The van der Waals surface area contributed by atoms with Gasteiger partial charge in [-0.25, -0.2) is 0 Å². The van der Waals surface area contributed by atoms with Gasteiger partial charge in [0, 0.05) is 0 Å². The van der Waals surface area contributed by atoms with E-state index >= 15 is 0 Å². The Labute approximate surface area is 70.2 Å². The lowest BCUT2D eigenvalue weighted by atomic mass is 10.2. The first-order chi connectivity index (χ1) is 5.52. The first kappa shape index (κ1) is 9.18. The van der Waals surface area contributed by atoms with Crippen molar-refractivity contribution in [2.45, 2.75) is 5.44 Å². The van der Waals surface area contributed by atoms with E-state index in [2.05, 4.69) is 0 Å². The first-order valence-corrected chi connectivity index (χ1v) is 4.71. The fourth-order valence-corrected chi connectivity index (χ4v) is 1.29. The van der Waals surface area contributed by atoms with Crippen LogP contribution in [-0.2, 0) is 10.1 Å². The molecule has 0 radical (unpaired) electrons. The molecule has 66 valence electrons. The Morgan fingerprint density at radius 1 is 1.17 bits per heavy atom. The maximum Gasteiger partial charge on any atom is 0.296 e. The van der Waals surface area contributed by atoms with Gasteiger partial charge in [-0.1, -0.05) is 30.3 Å². The molecule has 0 saturated heterocycles. The standard InChI is InChI=1S/C7H8O4S/c8-7(12(9,10)11)6-4-2-1-3-5-6/h1-5,7-8H,(H,9,10,11)/t7-/m0/s1. The Morgan fingerprint density at radius 2 is 1.67 bits per heavy atom. The van der Waals surface area contributed by atoms with E-state index in [-0.39, 0.29) is 5.56 Å². The van der Waals surface area contributed by atoms with Crippen molar-refractivity contribution in [3.63, 3.8) is 0 Å². The van der Waals surface area contributed by atoms with Crippen molar-refractivity contribution in [1.82, 2.24) is 0 Å². The summed E-state index contributed by atoms with van der Waals surface area (Å²) >= 11 is 0. The lowest BCUT2D eigenvalue weighted by Gasteiger charge is -2.05. The van der Waals surface area contributed by atoms with Crippen LogP contribution in [-0.4, -0.2) is 18.1 Å². The first-order valence-electron chi connectivity index (χ1n) is 3.21. The molecule has 0 bridgehead atoms. The maximum absolute atomic E-state index is 10.4. The molecule has 12 heavy (non-hydrogen) atoms. The van der Waals surface area contributed by atoms with Crippen LogP contribution in [0.5, 0.6) is 0 Å². The minimum absolute atomic E-state index is 0.153. The van der Waals surface area contributed by atoms with Crippen molar-refractivity contribution in [1.29, 1.82) is 0 Å². The molecule has 1 rings (SSSR count). The molecule has 0 unspecified atom stereocenters. The summed E-state index contributed by atoms with van der Waals surface area (Å²) in [5, 5.41) is 9.02. The Bertz CT molecular complexity index is 343. The molecule has 0 saturated carbocycles. The molecular weight excluding hydrogens is 180 g/mol. The van der Waals surface area contributed by atoms with Crippen molar-refractivity contribution in [2.75, 3.05) is 0 Å². The molecule has 0 spiro atoms. The second-order valence-corrected chi connectivity index (χ2v) is 3.75. The summed E-state index contributed by atoms with van der Waals surface area (Å²) in [5.74, 6) is 0. The molecule has 0 aliphatic carbocycles.